The highest BCUT2D eigenvalue weighted by atomic mass is 32.1. The van der Waals surface area contributed by atoms with Crippen LogP contribution in [0.2, 0.25) is 0 Å². The molecule has 4 rings (SSSR count). The molecule has 0 unspecified atom stereocenters. The van der Waals surface area contributed by atoms with Crippen molar-refractivity contribution in [3.63, 3.8) is 0 Å². The van der Waals surface area contributed by atoms with Crippen LogP contribution in [0.25, 0.3) is 0 Å². The summed E-state index contributed by atoms with van der Waals surface area (Å²) >= 11 is 1.53. The lowest BCUT2D eigenvalue weighted by Gasteiger charge is -2.34. The Bertz CT molecular complexity index is 1000. The highest BCUT2D eigenvalue weighted by Crippen LogP contribution is 2.34. The number of aromatic nitrogens is 1. The Balaban J connectivity index is 1.28. The SMILES string of the molecule is Cc1csc(CC(=O)N2CCN(CC(=O)N[C@@H](c3ccc4c(c3)OCCCO4)C(C)C)CC2)n1. The summed E-state index contributed by atoms with van der Waals surface area (Å²) in [5, 5.41) is 6.04. The summed E-state index contributed by atoms with van der Waals surface area (Å²) < 4.78 is 11.6. The van der Waals surface area contributed by atoms with Crippen LogP contribution in [-0.4, -0.2) is 72.5 Å². The van der Waals surface area contributed by atoms with Gasteiger partial charge in [-0.25, -0.2) is 4.98 Å². The minimum Gasteiger partial charge on any atom is -0.490 e. The number of hydrogen-bond acceptors (Lipinski definition) is 7. The quantitative estimate of drug-likeness (QED) is 0.648. The van der Waals surface area contributed by atoms with Crippen molar-refractivity contribution in [3.8, 4) is 11.5 Å². The smallest absolute Gasteiger partial charge is 0.234 e. The number of carbonyl (C=O) groups is 2. The van der Waals surface area contributed by atoms with Crippen LogP contribution < -0.4 is 14.8 Å². The zero-order valence-corrected chi connectivity index (χ0v) is 21.0. The minimum atomic E-state index is -0.116. The largest absolute Gasteiger partial charge is 0.490 e. The van der Waals surface area contributed by atoms with Crippen LogP contribution in [0.1, 0.15) is 42.6 Å². The van der Waals surface area contributed by atoms with Crippen molar-refractivity contribution in [1.82, 2.24) is 20.1 Å². The van der Waals surface area contributed by atoms with Crippen molar-refractivity contribution < 1.29 is 19.1 Å². The van der Waals surface area contributed by atoms with Crippen LogP contribution in [0.3, 0.4) is 0 Å². The number of hydrogen-bond donors (Lipinski definition) is 1. The lowest BCUT2D eigenvalue weighted by atomic mass is 9.95. The summed E-state index contributed by atoms with van der Waals surface area (Å²) in [7, 11) is 0. The summed E-state index contributed by atoms with van der Waals surface area (Å²) in [6.07, 6.45) is 1.21. The van der Waals surface area contributed by atoms with E-state index in [1.807, 2.05) is 35.4 Å². The van der Waals surface area contributed by atoms with E-state index in [0.29, 0.717) is 52.4 Å². The number of aryl methyl sites for hydroxylation is 1. The normalized spacial score (nSPS) is 17.4. The molecule has 3 heterocycles. The molecular formula is C25H34N4O4S. The molecule has 1 saturated heterocycles. The Morgan fingerprint density at radius 3 is 2.53 bits per heavy atom. The molecule has 1 atom stereocenters. The molecule has 9 heteroatoms. The van der Waals surface area contributed by atoms with Crippen LogP contribution in [0.15, 0.2) is 23.6 Å². The van der Waals surface area contributed by atoms with Gasteiger partial charge in [-0.2, -0.15) is 0 Å². The van der Waals surface area contributed by atoms with Crippen molar-refractivity contribution >= 4 is 23.2 Å². The van der Waals surface area contributed by atoms with Crippen LogP contribution in [0, 0.1) is 12.8 Å². The Morgan fingerprint density at radius 2 is 1.85 bits per heavy atom. The number of carbonyl (C=O) groups excluding carboxylic acids is 2. The van der Waals surface area contributed by atoms with E-state index in [2.05, 4.69) is 29.0 Å². The second kappa shape index (κ2) is 11.2. The van der Waals surface area contributed by atoms with E-state index < -0.39 is 0 Å². The molecule has 1 fully saturated rings. The molecule has 0 aliphatic carbocycles. The predicted octanol–water partition coefficient (Wildman–Crippen LogP) is 2.81. The maximum absolute atomic E-state index is 12.9. The zero-order chi connectivity index (χ0) is 24.1. The number of benzene rings is 1. The first-order valence-electron chi connectivity index (χ1n) is 12.0. The molecular weight excluding hydrogens is 452 g/mol. The molecule has 184 valence electrons. The Morgan fingerprint density at radius 1 is 1.12 bits per heavy atom. The summed E-state index contributed by atoms with van der Waals surface area (Å²) in [5.41, 5.74) is 1.97. The molecule has 0 saturated carbocycles. The van der Waals surface area contributed by atoms with Crippen molar-refractivity contribution in [2.45, 2.75) is 39.7 Å². The topological polar surface area (TPSA) is 84.0 Å². The summed E-state index contributed by atoms with van der Waals surface area (Å²) in [6.45, 7) is 10.4. The van der Waals surface area contributed by atoms with Gasteiger partial charge in [0, 0.05) is 43.7 Å². The monoisotopic (exact) mass is 486 g/mol. The molecule has 1 aromatic carbocycles. The van der Waals surface area contributed by atoms with Gasteiger partial charge in [-0.3, -0.25) is 14.5 Å². The molecule has 8 nitrogen and oxygen atoms in total. The summed E-state index contributed by atoms with van der Waals surface area (Å²) in [4.78, 5) is 33.9. The number of rotatable bonds is 7. The zero-order valence-electron chi connectivity index (χ0n) is 20.2. The molecule has 2 aliphatic heterocycles. The van der Waals surface area contributed by atoms with Gasteiger partial charge in [0.2, 0.25) is 11.8 Å². The maximum Gasteiger partial charge on any atom is 0.234 e. The number of fused-ring (bicyclic) bond motifs is 1. The van der Waals surface area contributed by atoms with Gasteiger partial charge in [-0.1, -0.05) is 19.9 Å². The van der Waals surface area contributed by atoms with E-state index in [-0.39, 0.29) is 23.8 Å². The van der Waals surface area contributed by atoms with Gasteiger partial charge in [0.15, 0.2) is 11.5 Å². The molecule has 0 radical (unpaired) electrons. The van der Waals surface area contributed by atoms with Gasteiger partial charge in [-0.15, -0.1) is 11.3 Å². The van der Waals surface area contributed by atoms with Crippen LogP contribution in [0.5, 0.6) is 11.5 Å². The Hall–Kier alpha value is -2.65. The van der Waals surface area contributed by atoms with E-state index in [9.17, 15) is 9.59 Å². The fourth-order valence-electron chi connectivity index (χ4n) is 4.31. The van der Waals surface area contributed by atoms with E-state index in [0.717, 1.165) is 34.2 Å². The van der Waals surface area contributed by atoms with Crippen molar-refractivity contribution in [1.29, 1.82) is 0 Å². The molecule has 1 N–H and O–H groups in total. The first kappa shape index (κ1) is 24.5. The van der Waals surface area contributed by atoms with Crippen molar-refractivity contribution in [2.75, 3.05) is 45.9 Å². The molecule has 34 heavy (non-hydrogen) atoms. The minimum absolute atomic E-state index is 0.0103. The maximum atomic E-state index is 12.9. The molecule has 0 spiro atoms. The number of piperazine rings is 1. The van der Waals surface area contributed by atoms with Gasteiger partial charge in [0.25, 0.3) is 0 Å². The van der Waals surface area contributed by atoms with Crippen molar-refractivity contribution in [3.05, 3.63) is 39.8 Å². The lowest BCUT2D eigenvalue weighted by Crippen LogP contribution is -2.51. The predicted molar refractivity (Wildman–Crippen MR) is 131 cm³/mol. The average Bonchev–Trinajstić information content (AvgIpc) is 3.08. The number of nitrogens with zero attached hydrogens (tertiary/aromatic N) is 3. The first-order valence-corrected chi connectivity index (χ1v) is 12.9. The molecule has 0 bridgehead atoms. The van der Waals surface area contributed by atoms with E-state index in [4.69, 9.17) is 9.47 Å². The second-order valence-corrected chi connectivity index (χ2v) is 10.2. The van der Waals surface area contributed by atoms with E-state index >= 15 is 0 Å². The molecule has 2 aromatic rings. The Kier molecular flexibility index (Phi) is 8.05. The Labute approximate surface area is 205 Å². The lowest BCUT2D eigenvalue weighted by molar-refractivity contribution is -0.132. The fourth-order valence-corrected chi connectivity index (χ4v) is 5.07. The third-order valence-corrected chi connectivity index (χ3v) is 7.14. The van der Waals surface area contributed by atoms with Crippen LogP contribution in [-0.2, 0) is 16.0 Å². The number of amides is 2. The van der Waals surface area contributed by atoms with E-state index in [1.54, 1.807) is 0 Å². The number of ether oxygens (including phenoxy) is 2. The average molecular weight is 487 g/mol. The highest BCUT2D eigenvalue weighted by molar-refractivity contribution is 7.09. The van der Waals surface area contributed by atoms with Gasteiger partial charge in [0.05, 0.1) is 32.2 Å². The fraction of sp³-hybridized carbons (Fsp3) is 0.560. The molecule has 1 aromatic heterocycles. The number of thiazole rings is 1. The van der Waals surface area contributed by atoms with Gasteiger partial charge in [0.1, 0.15) is 5.01 Å². The van der Waals surface area contributed by atoms with Crippen LogP contribution in [0.4, 0.5) is 0 Å². The summed E-state index contributed by atoms with van der Waals surface area (Å²) in [6, 6.07) is 5.81. The molecule has 2 amide bonds. The second-order valence-electron chi connectivity index (χ2n) is 9.26. The third-order valence-electron chi connectivity index (χ3n) is 6.18. The third kappa shape index (κ3) is 6.27. The van der Waals surface area contributed by atoms with Crippen LogP contribution >= 0.6 is 11.3 Å². The standard InChI is InChI=1S/C25H34N4O4S/c1-17(2)25(19-5-6-20-21(13-19)33-12-4-11-32-20)27-22(30)15-28-7-9-29(10-8-28)24(31)14-23-26-18(3)16-34-23/h5-6,13,16-17,25H,4,7-12,14-15H2,1-3H3,(H,27,30)/t25-/m1/s1. The van der Waals surface area contributed by atoms with Crippen molar-refractivity contribution in [2.24, 2.45) is 5.92 Å². The summed E-state index contributed by atoms with van der Waals surface area (Å²) in [5.74, 6) is 1.81. The molecule has 2 aliphatic rings. The first-order chi connectivity index (χ1) is 16.4. The van der Waals surface area contributed by atoms with Gasteiger partial charge >= 0.3 is 0 Å². The van der Waals surface area contributed by atoms with Gasteiger partial charge < -0.3 is 19.7 Å². The highest BCUT2D eigenvalue weighted by Gasteiger charge is 2.25. The van der Waals surface area contributed by atoms with E-state index in [1.165, 1.54) is 11.3 Å². The van der Waals surface area contributed by atoms with Gasteiger partial charge in [-0.05, 0) is 30.5 Å². The number of nitrogens with one attached hydrogen (secondary N) is 1.